The highest BCUT2D eigenvalue weighted by Crippen LogP contribution is 2.26. The van der Waals surface area contributed by atoms with Crippen molar-refractivity contribution in [3.63, 3.8) is 0 Å². The smallest absolute Gasteiger partial charge is 0.271 e. The third-order valence-electron chi connectivity index (χ3n) is 3.58. The summed E-state index contributed by atoms with van der Waals surface area (Å²) >= 11 is 0. The first-order chi connectivity index (χ1) is 8.69. The molecule has 2 atom stereocenters. The molecule has 1 aliphatic rings. The van der Waals surface area contributed by atoms with E-state index in [-0.39, 0.29) is 17.8 Å². The number of anilines is 1. The van der Waals surface area contributed by atoms with Crippen LogP contribution in [0.5, 0.6) is 0 Å². The summed E-state index contributed by atoms with van der Waals surface area (Å²) in [6, 6.07) is 0.263. The summed E-state index contributed by atoms with van der Waals surface area (Å²) < 4.78 is 0. The first-order valence-electron chi connectivity index (χ1n) is 6.57. The van der Waals surface area contributed by atoms with Gasteiger partial charge in [-0.1, -0.05) is 26.2 Å². The van der Waals surface area contributed by atoms with E-state index < -0.39 is 0 Å². The van der Waals surface area contributed by atoms with Crippen molar-refractivity contribution in [1.29, 1.82) is 0 Å². The number of nitrogen functional groups attached to an aromatic ring is 1. The number of aromatic nitrogens is 2. The summed E-state index contributed by atoms with van der Waals surface area (Å²) in [5.74, 6) is 0.838. The lowest BCUT2D eigenvalue weighted by molar-refractivity contribution is 0.0914. The number of hydrogen-bond acceptors (Lipinski definition) is 4. The Morgan fingerprint density at radius 2 is 2.33 bits per heavy atom. The molecule has 2 rings (SSSR count). The fourth-order valence-electron chi connectivity index (χ4n) is 2.54. The Morgan fingerprint density at radius 1 is 1.50 bits per heavy atom. The maximum absolute atomic E-state index is 12.0. The van der Waals surface area contributed by atoms with Gasteiger partial charge in [0.05, 0.1) is 12.4 Å². The van der Waals surface area contributed by atoms with Crippen molar-refractivity contribution in [2.75, 3.05) is 5.73 Å². The molecule has 1 saturated carbocycles. The van der Waals surface area contributed by atoms with Crippen molar-refractivity contribution in [3.8, 4) is 0 Å². The van der Waals surface area contributed by atoms with Crippen LogP contribution < -0.4 is 11.1 Å². The van der Waals surface area contributed by atoms with Crippen molar-refractivity contribution >= 4 is 11.7 Å². The van der Waals surface area contributed by atoms with E-state index >= 15 is 0 Å². The van der Waals surface area contributed by atoms with E-state index in [1.165, 1.54) is 31.7 Å². The number of carbonyl (C=O) groups excluding carboxylic acids is 1. The van der Waals surface area contributed by atoms with E-state index in [0.29, 0.717) is 5.69 Å². The number of hydrogen-bond donors (Lipinski definition) is 2. The van der Waals surface area contributed by atoms with E-state index in [1.807, 2.05) is 0 Å². The molecule has 1 aliphatic carbocycles. The van der Waals surface area contributed by atoms with Crippen molar-refractivity contribution in [2.24, 2.45) is 5.92 Å². The molecule has 2 unspecified atom stereocenters. The molecule has 0 aliphatic heterocycles. The minimum absolute atomic E-state index is 0.170. The molecular formula is C13H20N4O. The maximum Gasteiger partial charge on any atom is 0.271 e. The third-order valence-corrected chi connectivity index (χ3v) is 3.58. The van der Waals surface area contributed by atoms with Crippen LogP contribution in [-0.4, -0.2) is 21.9 Å². The molecule has 0 saturated heterocycles. The molecule has 3 N–H and O–H groups in total. The number of nitrogens with two attached hydrogens (primary N) is 1. The van der Waals surface area contributed by atoms with E-state index in [1.54, 1.807) is 0 Å². The second-order valence-corrected chi connectivity index (χ2v) is 4.94. The zero-order valence-corrected chi connectivity index (χ0v) is 10.7. The van der Waals surface area contributed by atoms with Gasteiger partial charge in [0.1, 0.15) is 11.5 Å². The lowest BCUT2D eigenvalue weighted by Crippen LogP contribution is -2.38. The van der Waals surface area contributed by atoms with Crippen LogP contribution in [-0.2, 0) is 0 Å². The van der Waals surface area contributed by atoms with Crippen molar-refractivity contribution in [3.05, 3.63) is 18.1 Å². The number of amides is 1. The topological polar surface area (TPSA) is 80.9 Å². The molecule has 0 radical (unpaired) electrons. The van der Waals surface area contributed by atoms with Gasteiger partial charge in [0.15, 0.2) is 0 Å². The van der Waals surface area contributed by atoms with Crippen molar-refractivity contribution in [1.82, 2.24) is 15.3 Å². The first kappa shape index (κ1) is 12.8. The lowest BCUT2D eigenvalue weighted by Gasteiger charge is -2.28. The maximum atomic E-state index is 12.0. The van der Waals surface area contributed by atoms with Crippen LogP contribution in [0.1, 0.15) is 49.5 Å². The SMILES string of the molecule is CCC1CCCC(NC(=O)c2cncc(N)n2)C1. The Kier molecular flexibility index (Phi) is 4.12. The minimum atomic E-state index is -0.170. The molecule has 1 amide bonds. The lowest BCUT2D eigenvalue weighted by atomic mass is 9.84. The summed E-state index contributed by atoms with van der Waals surface area (Å²) in [5.41, 5.74) is 5.82. The number of rotatable bonds is 3. The van der Waals surface area contributed by atoms with Gasteiger partial charge in [0.2, 0.25) is 0 Å². The molecule has 1 heterocycles. The number of nitrogens with zero attached hydrogens (tertiary/aromatic N) is 2. The highest BCUT2D eigenvalue weighted by atomic mass is 16.1. The molecule has 5 heteroatoms. The zero-order valence-electron chi connectivity index (χ0n) is 10.7. The van der Waals surface area contributed by atoms with Gasteiger partial charge < -0.3 is 11.1 Å². The van der Waals surface area contributed by atoms with E-state index in [9.17, 15) is 4.79 Å². The molecule has 0 bridgehead atoms. The second kappa shape index (κ2) is 5.80. The predicted molar refractivity (Wildman–Crippen MR) is 69.9 cm³/mol. The van der Waals surface area contributed by atoms with Gasteiger partial charge in [-0.2, -0.15) is 0 Å². The monoisotopic (exact) mass is 248 g/mol. The van der Waals surface area contributed by atoms with E-state index in [0.717, 1.165) is 18.8 Å². The molecular weight excluding hydrogens is 228 g/mol. The Bertz CT molecular complexity index is 421. The Labute approximate surface area is 107 Å². The van der Waals surface area contributed by atoms with Gasteiger partial charge in [-0.15, -0.1) is 0 Å². The zero-order chi connectivity index (χ0) is 13.0. The predicted octanol–water partition coefficient (Wildman–Crippen LogP) is 1.76. The van der Waals surface area contributed by atoms with Crippen LogP contribution in [0.15, 0.2) is 12.4 Å². The van der Waals surface area contributed by atoms with E-state index in [2.05, 4.69) is 22.2 Å². The molecule has 0 spiro atoms. The van der Waals surface area contributed by atoms with Crippen LogP contribution in [0.3, 0.4) is 0 Å². The highest BCUT2D eigenvalue weighted by Gasteiger charge is 2.22. The molecule has 5 nitrogen and oxygen atoms in total. The molecule has 1 fully saturated rings. The van der Waals surface area contributed by atoms with Gasteiger partial charge in [0.25, 0.3) is 5.91 Å². The Hall–Kier alpha value is -1.65. The fourth-order valence-corrected chi connectivity index (χ4v) is 2.54. The quantitative estimate of drug-likeness (QED) is 0.854. The van der Waals surface area contributed by atoms with Crippen molar-refractivity contribution < 1.29 is 4.79 Å². The van der Waals surface area contributed by atoms with Gasteiger partial charge >= 0.3 is 0 Å². The summed E-state index contributed by atoms with van der Waals surface area (Å²) in [6.45, 7) is 2.21. The molecule has 1 aromatic rings. The van der Waals surface area contributed by atoms with Crippen molar-refractivity contribution in [2.45, 2.75) is 45.1 Å². The number of carbonyl (C=O) groups is 1. The van der Waals surface area contributed by atoms with Crippen LogP contribution in [0.25, 0.3) is 0 Å². The summed E-state index contributed by atoms with van der Waals surface area (Å²) in [5, 5.41) is 3.03. The standard InChI is InChI=1S/C13H20N4O/c1-2-9-4-3-5-10(6-9)16-13(18)11-7-15-8-12(14)17-11/h7-10H,2-6H2,1H3,(H2,14,17)(H,16,18). The number of nitrogens with one attached hydrogen (secondary N) is 1. The molecule has 0 aromatic carbocycles. The molecule has 18 heavy (non-hydrogen) atoms. The fraction of sp³-hybridized carbons (Fsp3) is 0.615. The van der Waals surface area contributed by atoms with Crippen LogP contribution in [0.4, 0.5) is 5.82 Å². The molecule has 98 valence electrons. The third kappa shape index (κ3) is 3.18. The van der Waals surface area contributed by atoms with Crippen LogP contribution >= 0.6 is 0 Å². The largest absolute Gasteiger partial charge is 0.382 e. The van der Waals surface area contributed by atoms with Crippen LogP contribution in [0, 0.1) is 5.92 Å². The second-order valence-electron chi connectivity index (χ2n) is 4.94. The summed E-state index contributed by atoms with van der Waals surface area (Å²) in [4.78, 5) is 19.9. The van der Waals surface area contributed by atoms with Crippen LogP contribution in [0.2, 0.25) is 0 Å². The average Bonchev–Trinajstić information content (AvgIpc) is 2.39. The average molecular weight is 248 g/mol. The van der Waals surface area contributed by atoms with Gasteiger partial charge in [-0.3, -0.25) is 9.78 Å². The highest BCUT2D eigenvalue weighted by molar-refractivity contribution is 5.92. The van der Waals surface area contributed by atoms with Gasteiger partial charge in [-0.05, 0) is 18.8 Å². The Balaban J connectivity index is 1.95. The summed E-state index contributed by atoms with van der Waals surface area (Å²) in [6.07, 6.45) is 8.66. The normalized spacial score (nSPS) is 23.6. The summed E-state index contributed by atoms with van der Waals surface area (Å²) in [7, 11) is 0. The Morgan fingerprint density at radius 3 is 3.06 bits per heavy atom. The first-order valence-corrected chi connectivity index (χ1v) is 6.57. The van der Waals surface area contributed by atoms with Gasteiger partial charge in [0, 0.05) is 6.04 Å². The van der Waals surface area contributed by atoms with E-state index in [4.69, 9.17) is 5.73 Å². The molecule has 1 aromatic heterocycles. The van der Waals surface area contributed by atoms with Gasteiger partial charge in [-0.25, -0.2) is 4.98 Å². The minimum Gasteiger partial charge on any atom is -0.382 e.